The van der Waals surface area contributed by atoms with Crippen LogP contribution in [-0.2, 0) is 16.4 Å². The number of benzene rings is 2. The van der Waals surface area contributed by atoms with E-state index in [-0.39, 0.29) is 10.9 Å². The molecule has 0 bridgehead atoms. The van der Waals surface area contributed by atoms with Crippen molar-refractivity contribution in [2.75, 3.05) is 7.11 Å². The van der Waals surface area contributed by atoms with E-state index in [1.165, 1.54) is 12.7 Å². The van der Waals surface area contributed by atoms with E-state index in [1.54, 1.807) is 18.2 Å². The average Bonchev–Trinajstić information content (AvgIpc) is 2.53. The summed E-state index contributed by atoms with van der Waals surface area (Å²) in [4.78, 5) is 0.140. The van der Waals surface area contributed by atoms with Gasteiger partial charge in [0.15, 0.2) is 0 Å². The number of halogens is 1. The van der Waals surface area contributed by atoms with Crippen molar-refractivity contribution in [3.63, 3.8) is 0 Å². The summed E-state index contributed by atoms with van der Waals surface area (Å²) >= 11 is 3.30. The van der Waals surface area contributed by atoms with Gasteiger partial charge in [-0.25, -0.2) is 13.1 Å². The third-order valence-electron chi connectivity index (χ3n) is 3.48. The zero-order valence-corrected chi connectivity index (χ0v) is 15.5. The van der Waals surface area contributed by atoms with Crippen LogP contribution in [0.2, 0.25) is 0 Å². The van der Waals surface area contributed by atoms with Crippen LogP contribution in [0.5, 0.6) is 5.75 Å². The van der Waals surface area contributed by atoms with Gasteiger partial charge in [0.2, 0.25) is 10.0 Å². The zero-order valence-electron chi connectivity index (χ0n) is 13.1. The van der Waals surface area contributed by atoms with Crippen LogP contribution in [0.3, 0.4) is 0 Å². The summed E-state index contributed by atoms with van der Waals surface area (Å²) in [5.41, 5.74) is 1.19. The minimum Gasteiger partial charge on any atom is -0.495 e. The summed E-state index contributed by atoms with van der Waals surface area (Å²) < 4.78 is 33.7. The SMILES string of the molecule is COc1ccc(Br)cc1S(=O)(=O)NC(C)CCc1ccccc1. The van der Waals surface area contributed by atoms with Crippen molar-refractivity contribution < 1.29 is 13.2 Å². The van der Waals surface area contributed by atoms with E-state index in [2.05, 4.69) is 20.7 Å². The lowest BCUT2D eigenvalue weighted by Crippen LogP contribution is -2.33. The molecule has 0 aromatic heterocycles. The van der Waals surface area contributed by atoms with Gasteiger partial charge in [0.1, 0.15) is 10.6 Å². The first-order valence-electron chi connectivity index (χ1n) is 7.32. The number of rotatable bonds is 7. The maximum atomic E-state index is 12.6. The molecule has 0 amide bonds. The first-order valence-corrected chi connectivity index (χ1v) is 9.60. The molecule has 0 saturated heterocycles. The lowest BCUT2D eigenvalue weighted by Gasteiger charge is -2.16. The van der Waals surface area contributed by atoms with E-state index in [0.717, 1.165) is 12.8 Å². The van der Waals surface area contributed by atoms with Crippen LogP contribution < -0.4 is 9.46 Å². The Morgan fingerprint density at radius 1 is 1.17 bits per heavy atom. The molecule has 0 spiro atoms. The predicted molar refractivity (Wildman–Crippen MR) is 95.2 cm³/mol. The maximum Gasteiger partial charge on any atom is 0.244 e. The molecule has 0 aliphatic carbocycles. The van der Waals surface area contributed by atoms with Gasteiger partial charge in [0, 0.05) is 10.5 Å². The second kappa shape index (κ2) is 7.95. The highest BCUT2D eigenvalue weighted by molar-refractivity contribution is 9.10. The molecule has 1 unspecified atom stereocenters. The van der Waals surface area contributed by atoms with Crippen molar-refractivity contribution in [3.05, 3.63) is 58.6 Å². The van der Waals surface area contributed by atoms with Gasteiger partial charge in [0.25, 0.3) is 0 Å². The highest BCUT2D eigenvalue weighted by atomic mass is 79.9. The fourth-order valence-corrected chi connectivity index (χ4v) is 4.26. The summed E-state index contributed by atoms with van der Waals surface area (Å²) in [6.07, 6.45) is 1.54. The second-order valence-corrected chi connectivity index (χ2v) is 7.94. The van der Waals surface area contributed by atoms with Crippen molar-refractivity contribution in [1.29, 1.82) is 0 Å². The van der Waals surface area contributed by atoms with Crippen LogP contribution in [0.25, 0.3) is 0 Å². The van der Waals surface area contributed by atoms with Crippen molar-refractivity contribution in [3.8, 4) is 5.75 Å². The third kappa shape index (κ3) is 5.06. The number of hydrogen-bond acceptors (Lipinski definition) is 3. The summed E-state index contributed by atoms with van der Waals surface area (Å²) in [6.45, 7) is 1.87. The summed E-state index contributed by atoms with van der Waals surface area (Å²) in [5.74, 6) is 0.330. The highest BCUT2D eigenvalue weighted by Gasteiger charge is 2.22. The van der Waals surface area contributed by atoms with E-state index in [4.69, 9.17) is 4.74 Å². The molecule has 6 heteroatoms. The van der Waals surface area contributed by atoms with Crippen molar-refractivity contribution >= 4 is 26.0 Å². The van der Waals surface area contributed by atoms with Gasteiger partial charge in [-0.05, 0) is 43.5 Å². The van der Waals surface area contributed by atoms with Crippen molar-refractivity contribution in [1.82, 2.24) is 4.72 Å². The molecule has 1 atom stereocenters. The normalized spacial score (nSPS) is 12.8. The molecule has 0 heterocycles. The van der Waals surface area contributed by atoms with Gasteiger partial charge < -0.3 is 4.74 Å². The Labute approximate surface area is 146 Å². The molecule has 0 saturated carbocycles. The fraction of sp³-hybridized carbons (Fsp3) is 0.294. The average molecular weight is 398 g/mol. The smallest absolute Gasteiger partial charge is 0.244 e. The molecular formula is C17H20BrNO3S. The number of methoxy groups -OCH3 is 1. The van der Waals surface area contributed by atoms with Gasteiger partial charge in [-0.15, -0.1) is 0 Å². The Kier molecular flexibility index (Phi) is 6.21. The zero-order chi connectivity index (χ0) is 16.9. The number of ether oxygens (including phenoxy) is 1. The standard InChI is InChI=1S/C17H20BrNO3S/c1-13(8-9-14-6-4-3-5-7-14)19-23(20,21)17-12-15(18)10-11-16(17)22-2/h3-7,10-13,19H,8-9H2,1-2H3. The first kappa shape index (κ1) is 18.0. The van der Waals surface area contributed by atoms with E-state index in [0.29, 0.717) is 10.2 Å². The summed E-state index contributed by atoms with van der Waals surface area (Å²) in [6, 6.07) is 14.8. The van der Waals surface area contributed by atoms with Gasteiger partial charge in [-0.1, -0.05) is 46.3 Å². The quantitative estimate of drug-likeness (QED) is 0.773. The molecule has 0 aliphatic heterocycles. The van der Waals surface area contributed by atoms with Crippen LogP contribution in [0.15, 0.2) is 57.9 Å². The number of nitrogens with one attached hydrogen (secondary N) is 1. The maximum absolute atomic E-state index is 12.6. The summed E-state index contributed by atoms with van der Waals surface area (Å²) in [5, 5.41) is 0. The number of sulfonamides is 1. The molecule has 2 rings (SSSR count). The van der Waals surface area contributed by atoms with Gasteiger partial charge >= 0.3 is 0 Å². The van der Waals surface area contributed by atoms with E-state index < -0.39 is 10.0 Å². The first-order chi connectivity index (χ1) is 10.9. The van der Waals surface area contributed by atoms with Crippen LogP contribution >= 0.6 is 15.9 Å². The lowest BCUT2D eigenvalue weighted by atomic mass is 10.1. The Hall–Kier alpha value is -1.37. The molecule has 4 nitrogen and oxygen atoms in total. The third-order valence-corrected chi connectivity index (χ3v) is 5.58. The molecule has 0 radical (unpaired) electrons. The van der Waals surface area contributed by atoms with Crippen LogP contribution in [0, 0.1) is 0 Å². The number of hydrogen-bond donors (Lipinski definition) is 1. The topological polar surface area (TPSA) is 55.4 Å². The highest BCUT2D eigenvalue weighted by Crippen LogP contribution is 2.27. The predicted octanol–water partition coefficient (Wildman–Crippen LogP) is 3.76. The monoisotopic (exact) mass is 397 g/mol. The van der Waals surface area contributed by atoms with E-state index >= 15 is 0 Å². The molecule has 23 heavy (non-hydrogen) atoms. The summed E-state index contributed by atoms with van der Waals surface area (Å²) in [7, 11) is -2.17. The van der Waals surface area contributed by atoms with E-state index in [1.807, 2.05) is 37.3 Å². The lowest BCUT2D eigenvalue weighted by molar-refractivity contribution is 0.402. The van der Waals surface area contributed by atoms with Crippen LogP contribution in [0.1, 0.15) is 18.9 Å². The van der Waals surface area contributed by atoms with Gasteiger partial charge in [0.05, 0.1) is 7.11 Å². The molecule has 2 aromatic rings. The van der Waals surface area contributed by atoms with Crippen LogP contribution in [-0.4, -0.2) is 21.6 Å². The Bertz CT molecular complexity index is 748. The van der Waals surface area contributed by atoms with Crippen LogP contribution in [0.4, 0.5) is 0 Å². The molecule has 1 N–H and O–H groups in total. The fourth-order valence-electron chi connectivity index (χ4n) is 2.28. The molecule has 124 valence electrons. The number of aryl methyl sites for hydroxylation is 1. The van der Waals surface area contributed by atoms with Crippen molar-refractivity contribution in [2.24, 2.45) is 0 Å². The largest absolute Gasteiger partial charge is 0.495 e. The molecule has 2 aromatic carbocycles. The second-order valence-electron chi connectivity index (χ2n) is 5.34. The van der Waals surface area contributed by atoms with Gasteiger partial charge in [-0.2, -0.15) is 0 Å². The minimum absolute atomic E-state index is 0.140. The molecule has 0 fully saturated rings. The minimum atomic E-state index is -3.63. The van der Waals surface area contributed by atoms with Gasteiger partial charge in [-0.3, -0.25) is 0 Å². The Morgan fingerprint density at radius 2 is 1.87 bits per heavy atom. The molecular weight excluding hydrogens is 378 g/mol. The van der Waals surface area contributed by atoms with E-state index in [9.17, 15) is 8.42 Å². The molecule has 0 aliphatic rings. The Balaban J connectivity index is 2.07. The Morgan fingerprint density at radius 3 is 2.52 bits per heavy atom. The van der Waals surface area contributed by atoms with Crippen molar-refractivity contribution in [2.45, 2.75) is 30.7 Å².